The summed E-state index contributed by atoms with van der Waals surface area (Å²) in [6.45, 7) is 6.25. The molecule has 4 heterocycles. The first-order valence-electron chi connectivity index (χ1n) is 8.49. The van der Waals surface area contributed by atoms with Crippen LogP contribution in [0, 0.1) is 0 Å². The third kappa shape index (κ3) is 2.91. The quantitative estimate of drug-likeness (QED) is 0.737. The fourth-order valence-electron chi connectivity index (χ4n) is 3.35. The van der Waals surface area contributed by atoms with Crippen LogP contribution in [0.15, 0.2) is 34.3 Å². The SMILES string of the molecule is CC(C)c1cc(C2CCCN2Cc2cn[nH]c2-c2cccs2)on1. The first-order valence-corrected chi connectivity index (χ1v) is 9.37. The largest absolute Gasteiger partial charge is 0.359 e. The maximum Gasteiger partial charge on any atom is 0.154 e. The third-order valence-electron chi connectivity index (χ3n) is 4.69. The average molecular weight is 342 g/mol. The van der Waals surface area contributed by atoms with Crippen LogP contribution in [0.5, 0.6) is 0 Å². The Hall–Kier alpha value is -1.92. The third-order valence-corrected chi connectivity index (χ3v) is 5.58. The number of nitrogens with one attached hydrogen (secondary N) is 1. The first-order chi connectivity index (χ1) is 11.7. The van der Waals surface area contributed by atoms with Crippen LogP contribution >= 0.6 is 11.3 Å². The molecular formula is C18H22N4OS. The monoisotopic (exact) mass is 342 g/mol. The molecule has 0 amide bonds. The molecule has 6 heteroatoms. The molecule has 0 spiro atoms. The van der Waals surface area contributed by atoms with Gasteiger partial charge < -0.3 is 4.52 Å². The number of rotatable bonds is 5. The Labute approximate surface area is 145 Å². The number of likely N-dealkylation sites (tertiary alicyclic amines) is 1. The van der Waals surface area contributed by atoms with Crippen LogP contribution < -0.4 is 0 Å². The van der Waals surface area contributed by atoms with Crippen molar-refractivity contribution in [3.05, 3.63) is 46.8 Å². The van der Waals surface area contributed by atoms with E-state index < -0.39 is 0 Å². The van der Waals surface area contributed by atoms with E-state index >= 15 is 0 Å². The van der Waals surface area contributed by atoms with Crippen molar-refractivity contribution in [2.45, 2.75) is 45.2 Å². The second-order valence-corrected chi connectivity index (χ2v) is 7.63. The zero-order chi connectivity index (χ0) is 16.5. The van der Waals surface area contributed by atoms with Crippen molar-refractivity contribution < 1.29 is 4.52 Å². The molecule has 0 bridgehead atoms. The lowest BCUT2D eigenvalue weighted by Gasteiger charge is -2.22. The summed E-state index contributed by atoms with van der Waals surface area (Å²) in [5, 5.41) is 13.7. The van der Waals surface area contributed by atoms with Gasteiger partial charge in [-0.1, -0.05) is 25.1 Å². The van der Waals surface area contributed by atoms with Gasteiger partial charge in [-0.15, -0.1) is 11.3 Å². The Kier molecular flexibility index (Phi) is 4.24. The molecule has 126 valence electrons. The Morgan fingerprint density at radius 1 is 1.46 bits per heavy atom. The molecule has 0 aliphatic carbocycles. The highest BCUT2D eigenvalue weighted by Crippen LogP contribution is 2.36. The van der Waals surface area contributed by atoms with Gasteiger partial charge in [0, 0.05) is 18.2 Å². The number of aromatic nitrogens is 3. The van der Waals surface area contributed by atoms with Crippen molar-refractivity contribution in [2.24, 2.45) is 0 Å². The first kappa shape index (κ1) is 15.6. The average Bonchev–Trinajstić information content (AvgIpc) is 3.35. The molecule has 1 fully saturated rings. The van der Waals surface area contributed by atoms with Crippen LogP contribution in [0.3, 0.4) is 0 Å². The highest BCUT2D eigenvalue weighted by Gasteiger charge is 2.30. The molecule has 24 heavy (non-hydrogen) atoms. The molecule has 0 aromatic carbocycles. The minimum atomic E-state index is 0.316. The molecule has 1 aliphatic rings. The predicted molar refractivity (Wildman–Crippen MR) is 94.9 cm³/mol. The van der Waals surface area contributed by atoms with Gasteiger partial charge in [0.05, 0.1) is 28.5 Å². The van der Waals surface area contributed by atoms with Crippen LogP contribution in [-0.2, 0) is 6.54 Å². The van der Waals surface area contributed by atoms with Gasteiger partial charge in [0.25, 0.3) is 0 Å². The van der Waals surface area contributed by atoms with E-state index in [-0.39, 0.29) is 0 Å². The minimum Gasteiger partial charge on any atom is -0.359 e. The summed E-state index contributed by atoms with van der Waals surface area (Å²) in [5.74, 6) is 1.40. The lowest BCUT2D eigenvalue weighted by molar-refractivity contribution is 0.206. The second kappa shape index (κ2) is 6.53. The van der Waals surface area contributed by atoms with E-state index in [2.05, 4.69) is 57.7 Å². The fraction of sp³-hybridized carbons (Fsp3) is 0.444. The minimum absolute atomic E-state index is 0.316. The Morgan fingerprint density at radius 2 is 2.38 bits per heavy atom. The summed E-state index contributed by atoms with van der Waals surface area (Å²) in [6, 6.07) is 6.65. The fourth-order valence-corrected chi connectivity index (χ4v) is 4.11. The molecule has 5 nitrogen and oxygen atoms in total. The smallest absolute Gasteiger partial charge is 0.154 e. The van der Waals surface area contributed by atoms with Gasteiger partial charge in [0.15, 0.2) is 5.76 Å². The van der Waals surface area contributed by atoms with Crippen LogP contribution in [0.2, 0.25) is 0 Å². The molecule has 3 aromatic heterocycles. The zero-order valence-electron chi connectivity index (χ0n) is 14.0. The second-order valence-electron chi connectivity index (χ2n) is 6.68. The van der Waals surface area contributed by atoms with Gasteiger partial charge in [-0.2, -0.15) is 5.10 Å². The standard InChI is InChI=1S/C18H22N4OS/c1-12(2)14-9-16(23-21-14)15-5-3-7-22(15)11-13-10-19-20-18(13)17-6-4-8-24-17/h4,6,8-10,12,15H,3,5,7,11H2,1-2H3,(H,19,20). The lowest BCUT2D eigenvalue weighted by atomic mass is 10.1. The van der Waals surface area contributed by atoms with E-state index in [9.17, 15) is 0 Å². The number of aromatic amines is 1. The molecule has 1 aliphatic heterocycles. The topological polar surface area (TPSA) is 58.0 Å². The maximum atomic E-state index is 5.65. The number of nitrogens with zero attached hydrogens (tertiary/aromatic N) is 3. The van der Waals surface area contributed by atoms with Gasteiger partial charge in [0.1, 0.15) is 0 Å². The maximum absolute atomic E-state index is 5.65. The van der Waals surface area contributed by atoms with Crippen molar-refractivity contribution in [3.63, 3.8) is 0 Å². The summed E-state index contributed by atoms with van der Waals surface area (Å²) < 4.78 is 5.65. The summed E-state index contributed by atoms with van der Waals surface area (Å²) >= 11 is 1.74. The molecule has 3 aromatic rings. The number of thiophene rings is 1. The van der Waals surface area contributed by atoms with Gasteiger partial charge in [-0.25, -0.2) is 0 Å². The normalized spacial score (nSPS) is 18.7. The highest BCUT2D eigenvalue weighted by atomic mass is 32.1. The van der Waals surface area contributed by atoms with Crippen LogP contribution in [-0.4, -0.2) is 26.8 Å². The highest BCUT2D eigenvalue weighted by molar-refractivity contribution is 7.13. The summed E-state index contributed by atoms with van der Waals surface area (Å²) in [6.07, 6.45) is 4.26. The van der Waals surface area contributed by atoms with E-state index in [0.717, 1.165) is 36.7 Å². The summed E-state index contributed by atoms with van der Waals surface area (Å²) in [7, 11) is 0. The van der Waals surface area contributed by atoms with E-state index in [1.54, 1.807) is 11.3 Å². The zero-order valence-corrected chi connectivity index (χ0v) is 14.8. The molecule has 0 saturated carbocycles. The van der Waals surface area contributed by atoms with Gasteiger partial charge >= 0.3 is 0 Å². The van der Waals surface area contributed by atoms with Gasteiger partial charge in [0.2, 0.25) is 0 Å². The lowest BCUT2D eigenvalue weighted by Crippen LogP contribution is -2.22. The Balaban J connectivity index is 1.55. The van der Waals surface area contributed by atoms with E-state index in [1.807, 2.05) is 6.20 Å². The summed E-state index contributed by atoms with van der Waals surface area (Å²) in [4.78, 5) is 3.71. The van der Waals surface area contributed by atoms with Crippen molar-refractivity contribution in [1.29, 1.82) is 0 Å². The Bertz CT molecular complexity index is 790. The molecule has 1 unspecified atom stereocenters. The van der Waals surface area contributed by atoms with Crippen LogP contribution in [0.4, 0.5) is 0 Å². The van der Waals surface area contributed by atoms with E-state index in [4.69, 9.17) is 4.52 Å². The predicted octanol–water partition coefficient (Wildman–Crippen LogP) is 4.59. The van der Waals surface area contributed by atoms with Crippen LogP contribution in [0.1, 0.15) is 55.7 Å². The van der Waals surface area contributed by atoms with Crippen molar-refractivity contribution in [1.82, 2.24) is 20.3 Å². The molecule has 1 atom stereocenters. The molecule has 1 N–H and O–H groups in total. The number of hydrogen-bond acceptors (Lipinski definition) is 5. The van der Waals surface area contributed by atoms with Crippen molar-refractivity contribution >= 4 is 11.3 Å². The van der Waals surface area contributed by atoms with E-state index in [0.29, 0.717) is 12.0 Å². The van der Waals surface area contributed by atoms with Crippen molar-refractivity contribution in [2.75, 3.05) is 6.54 Å². The van der Waals surface area contributed by atoms with Gasteiger partial charge in [-0.05, 0) is 36.8 Å². The van der Waals surface area contributed by atoms with Crippen LogP contribution in [0.25, 0.3) is 10.6 Å². The summed E-state index contributed by atoms with van der Waals surface area (Å²) in [5.41, 5.74) is 3.42. The molecule has 0 radical (unpaired) electrons. The number of hydrogen-bond donors (Lipinski definition) is 1. The molecule has 4 rings (SSSR count). The molecular weight excluding hydrogens is 320 g/mol. The van der Waals surface area contributed by atoms with Crippen molar-refractivity contribution in [3.8, 4) is 10.6 Å². The number of H-pyrrole nitrogens is 1. The Morgan fingerprint density at radius 3 is 3.12 bits per heavy atom. The van der Waals surface area contributed by atoms with E-state index in [1.165, 1.54) is 16.9 Å². The molecule has 1 saturated heterocycles. The van der Waals surface area contributed by atoms with Gasteiger partial charge in [-0.3, -0.25) is 10.00 Å².